The Morgan fingerprint density at radius 2 is 1.52 bits per heavy atom. The maximum Gasteiger partial charge on any atom is 0.318 e. The number of aryl methyl sites for hydroxylation is 2. The predicted molar refractivity (Wildman–Crippen MR) is 209 cm³/mol. The Balaban J connectivity index is 1.21. The molecule has 0 radical (unpaired) electrons. The van der Waals surface area contributed by atoms with Crippen molar-refractivity contribution in [1.29, 1.82) is 0 Å². The Morgan fingerprint density at radius 1 is 0.885 bits per heavy atom. The molecule has 2 aliphatic rings. The predicted octanol–water partition coefficient (Wildman–Crippen LogP) is 6.26. The number of likely N-dealkylation sites (tertiary alicyclic amines) is 1. The van der Waals surface area contributed by atoms with E-state index in [1.165, 1.54) is 11.3 Å². The number of nitrogens with zero attached hydrogens (tertiary/aromatic N) is 4. The summed E-state index contributed by atoms with van der Waals surface area (Å²) in [6.07, 6.45) is 3.36. The fraction of sp³-hybridized carbons (Fsp3) is 0.500. The van der Waals surface area contributed by atoms with Gasteiger partial charge in [0.2, 0.25) is 5.91 Å². The zero-order valence-electron chi connectivity index (χ0n) is 32.0. The second kappa shape index (κ2) is 17.9. The minimum absolute atomic E-state index is 0.0338. The quantitative estimate of drug-likeness (QED) is 0.218. The van der Waals surface area contributed by atoms with Crippen molar-refractivity contribution in [2.75, 3.05) is 69.7 Å². The van der Waals surface area contributed by atoms with Gasteiger partial charge < -0.3 is 30.1 Å². The first-order chi connectivity index (χ1) is 25.0. The average molecular weight is 711 g/mol. The first kappa shape index (κ1) is 38.8. The highest BCUT2D eigenvalue weighted by Crippen LogP contribution is 2.31. The standard InChI is InChI=1S/C42H58N6O4/c1-7-45(40(50)39-31(2)27-35(28-32(39)3)44-41(51)43-6)22-19-42(4,5)47-20-17-37(18-21-47)48(30-34-11-9-8-10-12-34)36-15-13-33(14-16-36)29-38(49)46-23-25-52-26-24-46/h8-16,27-28,37H,7,17-26,29-30H2,1-6H3,(H2,43,44,51). The van der Waals surface area contributed by atoms with Crippen LogP contribution >= 0.6 is 0 Å². The van der Waals surface area contributed by atoms with Gasteiger partial charge in [-0.25, -0.2) is 4.79 Å². The summed E-state index contributed by atoms with van der Waals surface area (Å²) in [5.41, 5.74) is 6.51. The summed E-state index contributed by atoms with van der Waals surface area (Å²) in [6.45, 7) is 17.2. The Bertz CT molecular complexity index is 1620. The molecule has 5 rings (SSSR count). The molecule has 0 unspecified atom stereocenters. The van der Waals surface area contributed by atoms with E-state index < -0.39 is 0 Å². The Morgan fingerprint density at radius 3 is 2.12 bits per heavy atom. The third-order valence-corrected chi connectivity index (χ3v) is 10.8. The van der Waals surface area contributed by atoms with E-state index in [9.17, 15) is 14.4 Å². The van der Waals surface area contributed by atoms with Crippen molar-refractivity contribution in [3.63, 3.8) is 0 Å². The minimum Gasteiger partial charge on any atom is -0.378 e. The summed E-state index contributed by atoms with van der Waals surface area (Å²) in [5.74, 6) is 0.195. The van der Waals surface area contributed by atoms with Crippen LogP contribution in [0, 0.1) is 13.8 Å². The number of carbonyl (C=O) groups excluding carboxylic acids is 3. The van der Waals surface area contributed by atoms with E-state index in [4.69, 9.17) is 4.74 Å². The Labute approximate surface area is 310 Å². The molecule has 0 aromatic heterocycles. The molecular weight excluding hydrogens is 652 g/mol. The van der Waals surface area contributed by atoms with Crippen LogP contribution in [0.4, 0.5) is 16.2 Å². The van der Waals surface area contributed by atoms with Gasteiger partial charge in [0.1, 0.15) is 0 Å². The second-order valence-corrected chi connectivity index (χ2v) is 14.8. The van der Waals surface area contributed by atoms with Gasteiger partial charge in [0, 0.05) is 81.4 Å². The Hall–Kier alpha value is -4.41. The van der Waals surface area contributed by atoms with Crippen molar-refractivity contribution >= 4 is 29.2 Å². The van der Waals surface area contributed by atoms with Crippen LogP contribution in [0.1, 0.15) is 72.6 Å². The van der Waals surface area contributed by atoms with E-state index in [0.29, 0.717) is 63.1 Å². The van der Waals surface area contributed by atoms with Gasteiger partial charge in [-0.2, -0.15) is 0 Å². The number of hydrogen-bond donors (Lipinski definition) is 2. The van der Waals surface area contributed by atoms with Crippen LogP contribution in [0.5, 0.6) is 0 Å². The van der Waals surface area contributed by atoms with Crippen LogP contribution in [0.25, 0.3) is 0 Å². The van der Waals surface area contributed by atoms with Crippen molar-refractivity contribution < 1.29 is 19.1 Å². The molecule has 0 saturated carbocycles. The SMILES string of the molecule is CCN(CCC(C)(C)N1CCC(N(Cc2ccccc2)c2ccc(CC(=O)N3CCOCC3)cc2)CC1)C(=O)c1c(C)cc(NC(=O)NC)cc1C. The maximum atomic E-state index is 13.8. The van der Waals surface area contributed by atoms with Gasteiger partial charge in [-0.15, -0.1) is 0 Å². The van der Waals surface area contributed by atoms with Crippen molar-refractivity contribution in [3.8, 4) is 0 Å². The van der Waals surface area contributed by atoms with Crippen molar-refractivity contribution in [2.24, 2.45) is 0 Å². The van der Waals surface area contributed by atoms with Crippen LogP contribution in [0.2, 0.25) is 0 Å². The summed E-state index contributed by atoms with van der Waals surface area (Å²) >= 11 is 0. The van der Waals surface area contributed by atoms with Crippen molar-refractivity contribution in [3.05, 3.63) is 94.5 Å². The molecule has 4 amide bonds. The lowest BCUT2D eigenvalue weighted by Crippen LogP contribution is -2.53. The topological polar surface area (TPSA) is 97.5 Å². The molecule has 10 nitrogen and oxygen atoms in total. The van der Waals surface area contributed by atoms with Gasteiger partial charge in [0.25, 0.3) is 5.91 Å². The monoisotopic (exact) mass is 710 g/mol. The first-order valence-electron chi connectivity index (χ1n) is 18.9. The highest BCUT2D eigenvalue weighted by atomic mass is 16.5. The number of nitrogens with one attached hydrogen (secondary N) is 2. The maximum absolute atomic E-state index is 13.8. The zero-order valence-corrected chi connectivity index (χ0v) is 32.0. The van der Waals surface area contributed by atoms with E-state index in [0.717, 1.165) is 55.6 Å². The number of rotatable bonds is 13. The number of carbonyl (C=O) groups is 3. The summed E-state index contributed by atoms with van der Waals surface area (Å²) in [6, 6.07) is 23.1. The molecule has 2 heterocycles. The van der Waals surface area contributed by atoms with Gasteiger partial charge in [-0.3, -0.25) is 14.5 Å². The number of morpholine rings is 1. The van der Waals surface area contributed by atoms with E-state index in [-0.39, 0.29) is 23.4 Å². The van der Waals surface area contributed by atoms with Crippen LogP contribution < -0.4 is 15.5 Å². The minimum atomic E-state index is -0.286. The van der Waals surface area contributed by atoms with E-state index >= 15 is 0 Å². The lowest BCUT2D eigenvalue weighted by Gasteiger charge is -2.46. The largest absolute Gasteiger partial charge is 0.378 e. The molecule has 2 aliphatic heterocycles. The van der Waals surface area contributed by atoms with Crippen molar-refractivity contribution in [2.45, 2.75) is 78.4 Å². The summed E-state index contributed by atoms with van der Waals surface area (Å²) in [7, 11) is 1.58. The molecule has 0 spiro atoms. The average Bonchev–Trinajstić information content (AvgIpc) is 3.15. The van der Waals surface area contributed by atoms with Gasteiger partial charge in [0.05, 0.1) is 19.6 Å². The molecule has 52 heavy (non-hydrogen) atoms. The number of anilines is 2. The number of benzene rings is 3. The lowest BCUT2D eigenvalue weighted by molar-refractivity contribution is -0.134. The van der Waals surface area contributed by atoms with Gasteiger partial charge in [0.15, 0.2) is 0 Å². The number of urea groups is 1. The van der Waals surface area contributed by atoms with Gasteiger partial charge in [-0.1, -0.05) is 42.5 Å². The normalized spacial score (nSPS) is 15.6. The fourth-order valence-corrected chi connectivity index (χ4v) is 7.59. The smallest absolute Gasteiger partial charge is 0.318 e. The highest BCUT2D eigenvalue weighted by molar-refractivity contribution is 5.98. The van der Waals surface area contributed by atoms with Crippen LogP contribution in [-0.2, 0) is 22.5 Å². The van der Waals surface area contributed by atoms with E-state index in [1.807, 2.05) is 42.7 Å². The first-order valence-corrected chi connectivity index (χ1v) is 18.9. The molecule has 10 heteroatoms. The van der Waals surface area contributed by atoms with Crippen molar-refractivity contribution in [1.82, 2.24) is 20.0 Å². The number of amides is 4. The Kier molecular flexibility index (Phi) is 13.3. The molecule has 280 valence electrons. The van der Waals surface area contributed by atoms with Gasteiger partial charge >= 0.3 is 6.03 Å². The molecule has 2 saturated heterocycles. The second-order valence-electron chi connectivity index (χ2n) is 14.8. The molecule has 2 fully saturated rings. The molecule has 2 N–H and O–H groups in total. The summed E-state index contributed by atoms with van der Waals surface area (Å²) in [5, 5.41) is 5.38. The summed E-state index contributed by atoms with van der Waals surface area (Å²) in [4.78, 5) is 47.6. The van der Waals surface area contributed by atoms with Gasteiger partial charge in [-0.05, 0) is 100 Å². The molecular formula is C42H58N6O4. The third kappa shape index (κ3) is 9.92. The molecule has 0 bridgehead atoms. The fourth-order valence-electron chi connectivity index (χ4n) is 7.59. The number of piperidine rings is 1. The number of hydrogen-bond acceptors (Lipinski definition) is 6. The summed E-state index contributed by atoms with van der Waals surface area (Å²) < 4.78 is 5.42. The van der Waals surface area contributed by atoms with Crippen LogP contribution in [0.15, 0.2) is 66.7 Å². The van der Waals surface area contributed by atoms with E-state index in [1.54, 1.807) is 7.05 Å². The molecule has 3 aromatic carbocycles. The van der Waals surface area contributed by atoms with Crippen LogP contribution in [-0.4, -0.2) is 104 Å². The zero-order chi connectivity index (χ0) is 37.3. The van der Waals surface area contributed by atoms with E-state index in [2.05, 4.69) is 88.9 Å². The highest BCUT2D eigenvalue weighted by Gasteiger charge is 2.34. The molecule has 0 atom stereocenters. The molecule has 0 aliphatic carbocycles. The third-order valence-electron chi connectivity index (χ3n) is 10.8. The van der Waals surface area contributed by atoms with Crippen LogP contribution in [0.3, 0.4) is 0 Å². The molecule has 3 aromatic rings. The number of ether oxygens (including phenoxy) is 1. The lowest BCUT2D eigenvalue weighted by atomic mass is 9.92.